The van der Waals surface area contributed by atoms with Gasteiger partial charge < -0.3 is 15.0 Å². The molecule has 25 heavy (non-hydrogen) atoms. The van der Waals surface area contributed by atoms with Crippen LogP contribution in [-0.2, 0) is 16.2 Å². The average Bonchev–Trinajstić information content (AvgIpc) is 3.01. The van der Waals surface area contributed by atoms with E-state index in [1.54, 1.807) is 48.3 Å². The number of carbonyl (C=O) groups is 2. The second-order valence-electron chi connectivity index (χ2n) is 5.93. The first-order chi connectivity index (χ1) is 12.1. The van der Waals surface area contributed by atoms with E-state index < -0.39 is 0 Å². The van der Waals surface area contributed by atoms with Crippen molar-refractivity contribution in [2.75, 3.05) is 18.5 Å². The van der Waals surface area contributed by atoms with Crippen LogP contribution >= 0.6 is 0 Å². The van der Waals surface area contributed by atoms with Crippen LogP contribution in [0.15, 0.2) is 48.5 Å². The molecule has 1 aliphatic rings. The Hall–Kier alpha value is -2.89. The Morgan fingerprint density at radius 3 is 2.72 bits per heavy atom. The molecule has 1 heterocycles. The smallest absolute Gasteiger partial charge is 0.227 e. The minimum absolute atomic E-state index is 0.0676. The molecule has 2 aromatic rings. The van der Waals surface area contributed by atoms with Crippen LogP contribution in [0.2, 0.25) is 0 Å². The van der Waals surface area contributed by atoms with Crippen LogP contribution in [0.4, 0.5) is 10.1 Å². The maximum atomic E-state index is 13.1. The molecule has 130 valence electrons. The van der Waals surface area contributed by atoms with Crippen LogP contribution in [0.25, 0.3) is 0 Å². The summed E-state index contributed by atoms with van der Waals surface area (Å²) in [6.07, 6.45) is 0.220. The van der Waals surface area contributed by atoms with E-state index in [4.69, 9.17) is 4.74 Å². The van der Waals surface area contributed by atoms with Crippen molar-refractivity contribution in [1.29, 1.82) is 0 Å². The van der Waals surface area contributed by atoms with E-state index in [1.165, 1.54) is 12.1 Å². The van der Waals surface area contributed by atoms with Crippen molar-refractivity contribution in [3.05, 3.63) is 59.9 Å². The van der Waals surface area contributed by atoms with Crippen molar-refractivity contribution >= 4 is 17.5 Å². The van der Waals surface area contributed by atoms with Crippen LogP contribution in [0.3, 0.4) is 0 Å². The fraction of sp³-hybridized carbons (Fsp3) is 0.263. The fourth-order valence-electron chi connectivity index (χ4n) is 2.85. The van der Waals surface area contributed by atoms with Crippen LogP contribution in [0.5, 0.6) is 5.75 Å². The van der Waals surface area contributed by atoms with Crippen molar-refractivity contribution in [2.24, 2.45) is 5.92 Å². The summed E-state index contributed by atoms with van der Waals surface area (Å²) in [6, 6.07) is 13.3. The quantitative estimate of drug-likeness (QED) is 0.908. The number of hydrogen-bond acceptors (Lipinski definition) is 3. The normalized spacial score (nSPS) is 16.8. The molecule has 1 N–H and O–H groups in total. The van der Waals surface area contributed by atoms with Gasteiger partial charge in [-0.1, -0.05) is 12.1 Å². The van der Waals surface area contributed by atoms with Gasteiger partial charge in [0, 0.05) is 25.7 Å². The zero-order valence-corrected chi connectivity index (χ0v) is 13.9. The first-order valence-electron chi connectivity index (χ1n) is 8.06. The van der Waals surface area contributed by atoms with Gasteiger partial charge in [-0.25, -0.2) is 4.39 Å². The van der Waals surface area contributed by atoms with Crippen LogP contribution in [-0.4, -0.2) is 25.4 Å². The summed E-state index contributed by atoms with van der Waals surface area (Å²) in [6.45, 7) is 0.639. The van der Waals surface area contributed by atoms with E-state index in [0.717, 1.165) is 11.3 Å². The summed E-state index contributed by atoms with van der Waals surface area (Å²) >= 11 is 0. The number of hydrogen-bond donors (Lipinski definition) is 1. The van der Waals surface area contributed by atoms with Crippen LogP contribution in [0, 0.1) is 11.7 Å². The number of nitrogens with zero attached hydrogens (tertiary/aromatic N) is 1. The van der Waals surface area contributed by atoms with E-state index in [-0.39, 0.29) is 36.6 Å². The highest BCUT2D eigenvalue weighted by atomic mass is 19.1. The lowest BCUT2D eigenvalue weighted by Gasteiger charge is -2.17. The number of ether oxygens (including phenoxy) is 1. The Morgan fingerprint density at radius 1 is 1.28 bits per heavy atom. The monoisotopic (exact) mass is 342 g/mol. The molecule has 0 radical (unpaired) electrons. The predicted molar refractivity (Wildman–Crippen MR) is 91.7 cm³/mol. The molecule has 5 nitrogen and oxygen atoms in total. The Labute approximate surface area is 145 Å². The second kappa shape index (κ2) is 7.34. The third-order valence-electron chi connectivity index (χ3n) is 4.19. The van der Waals surface area contributed by atoms with Gasteiger partial charge in [0.2, 0.25) is 11.8 Å². The molecule has 1 fully saturated rings. The zero-order chi connectivity index (χ0) is 17.8. The number of rotatable bonds is 5. The molecule has 3 rings (SSSR count). The van der Waals surface area contributed by atoms with Gasteiger partial charge in [0.1, 0.15) is 18.2 Å². The Morgan fingerprint density at radius 2 is 2.04 bits per heavy atom. The number of nitrogens with one attached hydrogen (secondary N) is 1. The van der Waals surface area contributed by atoms with Crippen molar-refractivity contribution in [2.45, 2.75) is 13.0 Å². The van der Waals surface area contributed by atoms with Gasteiger partial charge in [-0.15, -0.1) is 0 Å². The molecular formula is C19H19FN2O3. The summed E-state index contributed by atoms with van der Waals surface area (Å²) in [5.41, 5.74) is 1.47. The molecule has 6 heteroatoms. The van der Waals surface area contributed by atoms with Crippen molar-refractivity contribution < 1.29 is 18.7 Å². The van der Waals surface area contributed by atoms with Gasteiger partial charge in [-0.05, 0) is 42.0 Å². The first kappa shape index (κ1) is 17.0. The molecule has 0 unspecified atom stereocenters. The lowest BCUT2D eigenvalue weighted by Crippen LogP contribution is -2.30. The van der Waals surface area contributed by atoms with Gasteiger partial charge in [0.05, 0.1) is 5.92 Å². The maximum absolute atomic E-state index is 13.1. The highest BCUT2D eigenvalue weighted by Gasteiger charge is 2.34. The molecule has 0 aromatic heterocycles. The van der Waals surface area contributed by atoms with Gasteiger partial charge in [0.15, 0.2) is 0 Å². The van der Waals surface area contributed by atoms with Gasteiger partial charge in [-0.2, -0.15) is 0 Å². The van der Waals surface area contributed by atoms with Crippen LogP contribution < -0.4 is 15.0 Å². The third-order valence-corrected chi connectivity index (χ3v) is 4.19. The van der Waals surface area contributed by atoms with E-state index in [0.29, 0.717) is 12.3 Å². The van der Waals surface area contributed by atoms with E-state index in [2.05, 4.69) is 5.32 Å². The highest BCUT2D eigenvalue weighted by Crippen LogP contribution is 2.27. The molecule has 0 spiro atoms. The Kier molecular flexibility index (Phi) is 4.97. The Bertz CT molecular complexity index is 776. The summed E-state index contributed by atoms with van der Waals surface area (Å²) in [5.74, 6) is -0.175. The predicted octanol–water partition coefficient (Wildman–Crippen LogP) is 2.50. The van der Waals surface area contributed by atoms with Crippen molar-refractivity contribution in [3.8, 4) is 5.75 Å². The van der Waals surface area contributed by atoms with Crippen molar-refractivity contribution in [1.82, 2.24) is 5.32 Å². The lowest BCUT2D eigenvalue weighted by atomic mass is 10.1. The number of benzene rings is 2. The number of amides is 2. The van der Waals surface area contributed by atoms with Crippen LogP contribution in [0.1, 0.15) is 12.0 Å². The summed E-state index contributed by atoms with van der Waals surface area (Å²) < 4.78 is 18.8. The standard InChI is InChI=1S/C19H19FN2O3/c1-21-19(24)14-10-18(23)22(11-14)16-5-7-17(8-6-16)25-12-13-3-2-4-15(20)9-13/h2-9,14H,10-12H2,1H3,(H,21,24)/t14-/m1/s1. The minimum Gasteiger partial charge on any atom is -0.489 e. The maximum Gasteiger partial charge on any atom is 0.227 e. The van der Waals surface area contributed by atoms with Crippen molar-refractivity contribution in [3.63, 3.8) is 0 Å². The lowest BCUT2D eigenvalue weighted by molar-refractivity contribution is -0.125. The fourth-order valence-corrected chi connectivity index (χ4v) is 2.85. The van der Waals surface area contributed by atoms with Gasteiger partial charge in [-0.3, -0.25) is 9.59 Å². The minimum atomic E-state index is -0.318. The molecule has 1 saturated heterocycles. The molecule has 0 aliphatic carbocycles. The zero-order valence-electron chi connectivity index (χ0n) is 13.9. The molecule has 2 amide bonds. The SMILES string of the molecule is CNC(=O)[C@@H]1CC(=O)N(c2ccc(OCc3cccc(F)c3)cc2)C1. The number of carbonyl (C=O) groups excluding carboxylic acids is 2. The van der Waals surface area contributed by atoms with Gasteiger partial charge >= 0.3 is 0 Å². The van der Waals surface area contributed by atoms with Gasteiger partial charge in [0.25, 0.3) is 0 Å². The van der Waals surface area contributed by atoms with E-state index in [9.17, 15) is 14.0 Å². The number of anilines is 1. The summed E-state index contributed by atoms with van der Waals surface area (Å²) in [7, 11) is 1.57. The summed E-state index contributed by atoms with van der Waals surface area (Å²) in [5, 5.41) is 2.58. The largest absolute Gasteiger partial charge is 0.489 e. The molecule has 1 atom stereocenters. The summed E-state index contributed by atoms with van der Waals surface area (Å²) in [4.78, 5) is 25.4. The molecule has 0 saturated carbocycles. The van der Waals surface area contributed by atoms with E-state index >= 15 is 0 Å². The third kappa shape index (κ3) is 3.96. The topological polar surface area (TPSA) is 58.6 Å². The highest BCUT2D eigenvalue weighted by molar-refractivity contribution is 6.00. The molecule has 1 aliphatic heterocycles. The molecule has 2 aromatic carbocycles. The Balaban J connectivity index is 1.62. The molecule has 0 bridgehead atoms. The average molecular weight is 342 g/mol. The first-order valence-corrected chi connectivity index (χ1v) is 8.06. The van der Waals surface area contributed by atoms with E-state index in [1.807, 2.05) is 0 Å². The number of halogens is 1. The molecular weight excluding hydrogens is 323 g/mol. The second-order valence-corrected chi connectivity index (χ2v) is 5.93.